The van der Waals surface area contributed by atoms with Crippen LogP contribution in [0.2, 0.25) is 0 Å². The van der Waals surface area contributed by atoms with Gasteiger partial charge in [-0.05, 0) is 59.4 Å². The van der Waals surface area contributed by atoms with E-state index in [1.165, 1.54) is 7.11 Å². The van der Waals surface area contributed by atoms with Crippen LogP contribution in [0.1, 0.15) is 58.4 Å². The van der Waals surface area contributed by atoms with E-state index in [1.807, 2.05) is 36.9 Å². The van der Waals surface area contributed by atoms with Crippen LogP contribution in [-0.4, -0.2) is 54.8 Å². The minimum absolute atomic E-state index is 0.0363. The van der Waals surface area contributed by atoms with Crippen molar-refractivity contribution >= 4 is 23.5 Å². The van der Waals surface area contributed by atoms with Crippen molar-refractivity contribution < 1.29 is 33.7 Å². The van der Waals surface area contributed by atoms with Crippen molar-refractivity contribution in [2.75, 3.05) is 32.3 Å². The summed E-state index contributed by atoms with van der Waals surface area (Å²) in [7, 11) is 1.52. The number of nitrogens with two attached hydrogens (primary N) is 1. The van der Waals surface area contributed by atoms with Crippen molar-refractivity contribution in [2.24, 2.45) is 11.7 Å². The van der Waals surface area contributed by atoms with Gasteiger partial charge >= 0.3 is 5.97 Å². The first-order valence-electron chi connectivity index (χ1n) is 14.0. The molecule has 3 aromatic carbocycles. The average molecular weight is 574 g/mol. The summed E-state index contributed by atoms with van der Waals surface area (Å²) in [4.78, 5) is 40.1. The largest absolute Gasteiger partial charge is 0.493 e. The van der Waals surface area contributed by atoms with E-state index in [-0.39, 0.29) is 25.8 Å². The minimum atomic E-state index is -1.01. The van der Waals surface area contributed by atoms with Gasteiger partial charge in [0, 0.05) is 29.8 Å². The van der Waals surface area contributed by atoms with Gasteiger partial charge in [0.2, 0.25) is 24.4 Å². The topological polar surface area (TPSA) is 140 Å². The van der Waals surface area contributed by atoms with Gasteiger partial charge in [-0.2, -0.15) is 0 Å². The number of aryl methyl sites for hydroxylation is 2. The monoisotopic (exact) mass is 573 g/mol. The number of hydrogen-bond acceptors (Lipinski definition) is 7. The highest BCUT2D eigenvalue weighted by molar-refractivity contribution is 5.94. The summed E-state index contributed by atoms with van der Waals surface area (Å²) < 4.78 is 16.7. The zero-order valence-electron chi connectivity index (χ0n) is 23.9. The Morgan fingerprint density at radius 2 is 1.71 bits per heavy atom. The highest BCUT2D eigenvalue weighted by Gasteiger charge is 2.48. The van der Waals surface area contributed by atoms with Gasteiger partial charge in [0.15, 0.2) is 11.5 Å². The number of anilines is 1. The van der Waals surface area contributed by atoms with Crippen molar-refractivity contribution in [2.45, 2.75) is 38.6 Å². The van der Waals surface area contributed by atoms with Crippen LogP contribution >= 0.6 is 0 Å². The summed E-state index contributed by atoms with van der Waals surface area (Å²) >= 11 is 0. The molecule has 2 amide bonds. The first-order valence-corrected chi connectivity index (χ1v) is 14.0. The fraction of sp³-hybridized carbons (Fsp3) is 0.344. The Labute approximate surface area is 244 Å². The fourth-order valence-corrected chi connectivity index (χ4v) is 6.10. The molecule has 0 bridgehead atoms. The molecule has 3 aromatic rings. The molecule has 220 valence electrons. The molecule has 0 spiro atoms. The van der Waals surface area contributed by atoms with Crippen molar-refractivity contribution in [3.8, 4) is 17.2 Å². The lowest BCUT2D eigenvalue weighted by Gasteiger charge is -2.27. The molecule has 0 aliphatic carbocycles. The van der Waals surface area contributed by atoms with Crippen molar-refractivity contribution in [1.82, 2.24) is 4.90 Å². The van der Waals surface area contributed by atoms with Crippen LogP contribution in [0, 0.1) is 5.92 Å². The second-order valence-electron chi connectivity index (χ2n) is 10.5. The smallest absolute Gasteiger partial charge is 0.309 e. The van der Waals surface area contributed by atoms with Gasteiger partial charge in [-0.25, -0.2) is 0 Å². The first-order chi connectivity index (χ1) is 20.2. The van der Waals surface area contributed by atoms with E-state index in [0.29, 0.717) is 33.9 Å². The summed E-state index contributed by atoms with van der Waals surface area (Å²) in [6, 6.07) is 15.4. The molecule has 2 aliphatic heterocycles. The number of carbonyl (C=O) groups excluding carboxylic acids is 2. The number of hydrogen-bond donors (Lipinski definition) is 3. The molecule has 2 aliphatic rings. The van der Waals surface area contributed by atoms with Gasteiger partial charge in [0.05, 0.1) is 19.6 Å². The lowest BCUT2D eigenvalue weighted by atomic mass is 9.82. The van der Waals surface area contributed by atoms with E-state index in [1.54, 1.807) is 36.4 Å². The van der Waals surface area contributed by atoms with Crippen LogP contribution in [-0.2, 0) is 22.4 Å². The molecule has 3 atom stereocenters. The summed E-state index contributed by atoms with van der Waals surface area (Å²) in [6.07, 6.45) is 1.52. The predicted octanol–water partition coefficient (Wildman–Crippen LogP) is 4.13. The van der Waals surface area contributed by atoms with Crippen LogP contribution in [0.15, 0.2) is 54.6 Å². The van der Waals surface area contributed by atoms with Crippen molar-refractivity contribution in [1.29, 1.82) is 0 Å². The summed E-state index contributed by atoms with van der Waals surface area (Å²) in [5.41, 5.74) is 10.0. The third kappa shape index (κ3) is 5.49. The second-order valence-corrected chi connectivity index (χ2v) is 10.5. The van der Waals surface area contributed by atoms with Crippen LogP contribution < -0.4 is 25.3 Å². The molecule has 4 N–H and O–H groups in total. The summed E-state index contributed by atoms with van der Waals surface area (Å²) in [6.45, 7) is 4.37. The minimum Gasteiger partial charge on any atom is -0.493 e. The quantitative estimate of drug-likeness (QED) is 0.329. The van der Waals surface area contributed by atoms with Crippen molar-refractivity contribution in [3.63, 3.8) is 0 Å². The number of primary amides is 1. The SMILES string of the molecule is CCc1cccc(CC)c1NC(=O)CN1C[C@H](c2cc(OC)c3c(c2)OCO3)[C@@H](C(=O)O)[C@@H]1c1ccc(C(N)=O)cc1. The average Bonchev–Trinajstić information content (AvgIpc) is 3.61. The number of rotatable bonds is 10. The normalized spacial score (nSPS) is 19.5. The molecule has 10 heteroatoms. The number of aliphatic carboxylic acids is 1. The van der Waals surface area contributed by atoms with Gasteiger partial charge in [-0.3, -0.25) is 19.3 Å². The van der Waals surface area contributed by atoms with Gasteiger partial charge in [-0.1, -0.05) is 44.2 Å². The Kier molecular flexibility index (Phi) is 8.35. The van der Waals surface area contributed by atoms with Gasteiger partial charge in [0.25, 0.3) is 0 Å². The lowest BCUT2D eigenvalue weighted by Crippen LogP contribution is -2.35. The van der Waals surface area contributed by atoms with Crippen LogP contribution in [0.25, 0.3) is 0 Å². The standard InChI is InChI=1S/C32H35N3O7/c1-4-18-7-6-8-19(5-2)28(18)34-26(36)16-35-15-23(22-13-24(40-3)30-25(14-22)41-17-42-30)27(32(38)39)29(35)20-9-11-21(12-10-20)31(33)37/h6-14,23,27,29H,4-5,15-17H2,1-3H3,(H2,33,37)(H,34,36)(H,38,39)/t23-,27-,29+/m1/s1. The summed E-state index contributed by atoms with van der Waals surface area (Å²) in [5.74, 6) is -1.84. The van der Waals surface area contributed by atoms with Gasteiger partial charge < -0.3 is 30.4 Å². The number of ether oxygens (including phenoxy) is 3. The lowest BCUT2D eigenvalue weighted by molar-refractivity contribution is -0.143. The van der Waals surface area contributed by atoms with Crippen LogP contribution in [0.3, 0.4) is 0 Å². The number of methoxy groups -OCH3 is 1. The number of carbonyl (C=O) groups is 3. The van der Waals surface area contributed by atoms with Crippen LogP contribution in [0.4, 0.5) is 5.69 Å². The Balaban J connectivity index is 1.53. The van der Waals surface area contributed by atoms with Gasteiger partial charge in [0.1, 0.15) is 0 Å². The number of fused-ring (bicyclic) bond motifs is 1. The molecule has 1 fully saturated rings. The number of benzene rings is 3. The highest BCUT2D eigenvalue weighted by Crippen LogP contribution is 2.50. The molecule has 42 heavy (non-hydrogen) atoms. The van der Waals surface area contributed by atoms with E-state index in [4.69, 9.17) is 19.9 Å². The molecule has 0 aromatic heterocycles. The first kappa shape index (κ1) is 28.9. The van der Waals surface area contributed by atoms with E-state index < -0.39 is 29.8 Å². The predicted molar refractivity (Wildman–Crippen MR) is 156 cm³/mol. The number of likely N-dealkylation sites (tertiary alicyclic amines) is 1. The molecule has 5 rings (SSSR count). The number of carboxylic acids is 1. The van der Waals surface area contributed by atoms with Crippen LogP contribution in [0.5, 0.6) is 17.2 Å². The Morgan fingerprint density at radius 3 is 2.31 bits per heavy atom. The zero-order chi connectivity index (χ0) is 30.0. The molecule has 0 unspecified atom stereocenters. The van der Waals surface area contributed by atoms with E-state index in [0.717, 1.165) is 29.7 Å². The molecular formula is C32H35N3O7. The maximum Gasteiger partial charge on any atom is 0.309 e. The molecule has 0 radical (unpaired) electrons. The number of nitrogens with zero attached hydrogens (tertiary/aromatic N) is 1. The number of para-hydroxylation sites is 1. The zero-order valence-corrected chi connectivity index (χ0v) is 23.9. The maximum atomic E-state index is 13.6. The Morgan fingerprint density at radius 1 is 1.02 bits per heavy atom. The molecule has 2 heterocycles. The maximum absolute atomic E-state index is 13.6. The Bertz CT molecular complexity index is 1480. The third-order valence-corrected chi connectivity index (χ3v) is 8.14. The summed E-state index contributed by atoms with van der Waals surface area (Å²) in [5, 5.41) is 13.7. The van der Waals surface area contributed by atoms with E-state index in [9.17, 15) is 19.5 Å². The van der Waals surface area contributed by atoms with E-state index in [2.05, 4.69) is 5.32 Å². The highest BCUT2D eigenvalue weighted by atomic mass is 16.7. The number of amides is 2. The van der Waals surface area contributed by atoms with Crippen molar-refractivity contribution in [3.05, 3.63) is 82.4 Å². The van der Waals surface area contributed by atoms with E-state index >= 15 is 0 Å². The third-order valence-electron chi connectivity index (χ3n) is 8.14. The molecule has 10 nitrogen and oxygen atoms in total. The van der Waals surface area contributed by atoms with Gasteiger partial charge in [-0.15, -0.1) is 0 Å². The number of carboxylic acid groups (broad SMARTS) is 1. The Hall–Kier alpha value is -4.57. The molecular weight excluding hydrogens is 538 g/mol. The second kappa shape index (κ2) is 12.1. The number of nitrogens with one attached hydrogen (secondary N) is 1. The molecule has 0 saturated carbocycles. The molecule has 1 saturated heterocycles. The fourth-order valence-electron chi connectivity index (χ4n) is 6.10.